The number of hydrogen-bond acceptors (Lipinski definition) is 3. The Kier molecular flexibility index (Phi) is 3.08. The van der Waals surface area contributed by atoms with Crippen LogP contribution < -0.4 is 0 Å². The molecule has 2 aromatic rings. The van der Waals surface area contributed by atoms with E-state index in [0.29, 0.717) is 11.5 Å². The van der Waals surface area contributed by atoms with Gasteiger partial charge in [0.1, 0.15) is 0 Å². The van der Waals surface area contributed by atoms with Crippen LogP contribution in [-0.4, -0.2) is 15.1 Å². The minimum absolute atomic E-state index is 0.0634. The van der Waals surface area contributed by atoms with Gasteiger partial charge in [0.2, 0.25) is 0 Å². The summed E-state index contributed by atoms with van der Waals surface area (Å²) < 4.78 is 1.02. The lowest BCUT2D eigenvalue weighted by Gasteiger charge is -2.01. The van der Waals surface area contributed by atoms with E-state index in [9.17, 15) is 0 Å². The minimum Gasteiger partial charge on any atom is -0.390 e. The van der Waals surface area contributed by atoms with Gasteiger partial charge in [0.25, 0.3) is 0 Å². The Morgan fingerprint density at radius 2 is 1.87 bits per heavy atom. The van der Waals surface area contributed by atoms with Crippen LogP contribution in [0.2, 0.25) is 0 Å². The molecule has 1 N–H and O–H groups in total. The first kappa shape index (κ1) is 10.3. The highest BCUT2D eigenvalue weighted by Gasteiger charge is 2.01. The molecule has 0 radical (unpaired) electrons. The summed E-state index contributed by atoms with van der Waals surface area (Å²) in [5.74, 6) is 0.633. The van der Waals surface area contributed by atoms with Crippen LogP contribution in [0, 0.1) is 0 Å². The van der Waals surface area contributed by atoms with E-state index >= 15 is 0 Å². The molecule has 2 rings (SSSR count). The minimum atomic E-state index is -0.0634. The second-order valence-electron chi connectivity index (χ2n) is 3.04. The van der Waals surface area contributed by atoms with Gasteiger partial charge in [-0.05, 0) is 18.2 Å². The van der Waals surface area contributed by atoms with E-state index in [4.69, 9.17) is 5.11 Å². The Labute approximate surface area is 96.0 Å². The van der Waals surface area contributed by atoms with Crippen molar-refractivity contribution in [2.24, 2.45) is 0 Å². The number of hydrogen-bond donors (Lipinski definition) is 1. The van der Waals surface area contributed by atoms with Crippen LogP contribution in [0.25, 0.3) is 11.4 Å². The molecule has 15 heavy (non-hydrogen) atoms. The molecule has 0 bridgehead atoms. The third kappa shape index (κ3) is 2.40. The summed E-state index contributed by atoms with van der Waals surface area (Å²) in [5.41, 5.74) is 1.57. The second kappa shape index (κ2) is 4.51. The Hall–Kier alpha value is -1.26. The van der Waals surface area contributed by atoms with Gasteiger partial charge in [-0.1, -0.05) is 28.1 Å². The van der Waals surface area contributed by atoms with E-state index in [0.717, 1.165) is 10.0 Å². The number of benzene rings is 1. The highest BCUT2D eigenvalue weighted by molar-refractivity contribution is 9.10. The summed E-state index contributed by atoms with van der Waals surface area (Å²) in [6.07, 6.45) is 1.65. The lowest BCUT2D eigenvalue weighted by atomic mass is 10.2. The summed E-state index contributed by atoms with van der Waals surface area (Å²) in [4.78, 5) is 8.36. The fourth-order valence-corrected chi connectivity index (χ4v) is 1.49. The second-order valence-corrected chi connectivity index (χ2v) is 3.95. The number of nitrogens with zero attached hydrogens (tertiary/aromatic N) is 2. The van der Waals surface area contributed by atoms with Crippen molar-refractivity contribution in [2.75, 3.05) is 0 Å². The zero-order valence-corrected chi connectivity index (χ0v) is 9.48. The Bertz CT molecular complexity index is 456. The molecule has 0 amide bonds. The van der Waals surface area contributed by atoms with E-state index < -0.39 is 0 Å². The molecular formula is C11H9BrN2O. The van der Waals surface area contributed by atoms with Crippen molar-refractivity contribution in [3.8, 4) is 11.4 Å². The van der Waals surface area contributed by atoms with Crippen molar-refractivity contribution >= 4 is 15.9 Å². The summed E-state index contributed by atoms with van der Waals surface area (Å²) >= 11 is 3.37. The lowest BCUT2D eigenvalue weighted by Crippen LogP contribution is -1.94. The highest BCUT2D eigenvalue weighted by Crippen LogP contribution is 2.18. The predicted octanol–water partition coefficient (Wildman–Crippen LogP) is 2.40. The van der Waals surface area contributed by atoms with Crippen LogP contribution in [0.1, 0.15) is 5.69 Å². The number of halogens is 1. The summed E-state index contributed by atoms with van der Waals surface area (Å²) in [5, 5.41) is 8.96. The fraction of sp³-hybridized carbons (Fsp3) is 0.0909. The molecule has 0 unspecified atom stereocenters. The first-order chi connectivity index (χ1) is 7.29. The van der Waals surface area contributed by atoms with E-state index in [1.165, 1.54) is 0 Å². The van der Waals surface area contributed by atoms with Crippen molar-refractivity contribution in [1.29, 1.82) is 0 Å². The molecule has 0 fully saturated rings. The van der Waals surface area contributed by atoms with Gasteiger partial charge in [-0.2, -0.15) is 0 Å². The van der Waals surface area contributed by atoms with Crippen molar-refractivity contribution in [1.82, 2.24) is 9.97 Å². The molecule has 1 heterocycles. The van der Waals surface area contributed by atoms with Gasteiger partial charge in [0.05, 0.1) is 12.3 Å². The Morgan fingerprint density at radius 3 is 2.53 bits per heavy atom. The van der Waals surface area contributed by atoms with Crippen LogP contribution in [0.3, 0.4) is 0 Å². The smallest absolute Gasteiger partial charge is 0.159 e. The lowest BCUT2D eigenvalue weighted by molar-refractivity contribution is 0.277. The average Bonchev–Trinajstić information content (AvgIpc) is 2.30. The van der Waals surface area contributed by atoms with E-state index in [-0.39, 0.29) is 6.61 Å². The van der Waals surface area contributed by atoms with Crippen LogP contribution in [0.5, 0.6) is 0 Å². The molecule has 0 spiro atoms. The van der Waals surface area contributed by atoms with E-state index in [2.05, 4.69) is 25.9 Å². The van der Waals surface area contributed by atoms with Gasteiger partial charge >= 0.3 is 0 Å². The SMILES string of the molecule is OCc1ccnc(-c2ccc(Br)cc2)n1. The summed E-state index contributed by atoms with van der Waals surface area (Å²) in [6.45, 7) is -0.0634. The van der Waals surface area contributed by atoms with Crippen LogP contribution in [0.4, 0.5) is 0 Å². The molecule has 0 saturated carbocycles. The monoisotopic (exact) mass is 264 g/mol. The van der Waals surface area contributed by atoms with Crippen molar-refractivity contribution in [3.05, 3.63) is 46.7 Å². The zero-order valence-electron chi connectivity index (χ0n) is 7.89. The third-order valence-electron chi connectivity index (χ3n) is 1.98. The normalized spacial score (nSPS) is 10.3. The maximum absolute atomic E-state index is 8.96. The van der Waals surface area contributed by atoms with Gasteiger partial charge in [-0.3, -0.25) is 0 Å². The van der Waals surface area contributed by atoms with Gasteiger partial charge in [-0.15, -0.1) is 0 Å². The highest BCUT2D eigenvalue weighted by atomic mass is 79.9. The molecule has 1 aromatic heterocycles. The molecule has 76 valence electrons. The molecule has 1 aromatic carbocycles. The molecular weight excluding hydrogens is 256 g/mol. The third-order valence-corrected chi connectivity index (χ3v) is 2.51. The molecule has 0 saturated heterocycles. The molecule has 4 heteroatoms. The maximum Gasteiger partial charge on any atom is 0.159 e. The Balaban J connectivity index is 2.40. The van der Waals surface area contributed by atoms with Gasteiger partial charge in [0.15, 0.2) is 5.82 Å². The number of rotatable bonds is 2. The van der Waals surface area contributed by atoms with Crippen molar-refractivity contribution in [2.45, 2.75) is 6.61 Å². The first-order valence-electron chi connectivity index (χ1n) is 4.48. The van der Waals surface area contributed by atoms with Crippen molar-refractivity contribution < 1.29 is 5.11 Å². The Morgan fingerprint density at radius 1 is 1.13 bits per heavy atom. The maximum atomic E-state index is 8.96. The number of aliphatic hydroxyl groups excluding tert-OH is 1. The van der Waals surface area contributed by atoms with Gasteiger partial charge < -0.3 is 5.11 Å². The summed E-state index contributed by atoms with van der Waals surface area (Å²) in [6, 6.07) is 9.43. The largest absolute Gasteiger partial charge is 0.390 e. The van der Waals surface area contributed by atoms with E-state index in [1.54, 1.807) is 12.3 Å². The van der Waals surface area contributed by atoms with Crippen LogP contribution >= 0.6 is 15.9 Å². The average molecular weight is 265 g/mol. The first-order valence-corrected chi connectivity index (χ1v) is 5.27. The molecule has 0 aliphatic heterocycles. The van der Waals surface area contributed by atoms with Crippen LogP contribution in [0.15, 0.2) is 41.0 Å². The fourth-order valence-electron chi connectivity index (χ4n) is 1.22. The standard InChI is InChI=1S/C11H9BrN2O/c12-9-3-1-8(2-4-9)11-13-6-5-10(7-15)14-11/h1-6,15H,7H2. The van der Waals surface area contributed by atoms with Gasteiger partial charge in [0, 0.05) is 16.2 Å². The zero-order chi connectivity index (χ0) is 10.7. The topological polar surface area (TPSA) is 46.0 Å². The quantitative estimate of drug-likeness (QED) is 0.906. The number of aliphatic hydroxyl groups is 1. The predicted molar refractivity (Wildman–Crippen MR) is 61.1 cm³/mol. The van der Waals surface area contributed by atoms with Crippen molar-refractivity contribution in [3.63, 3.8) is 0 Å². The molecule has 0 aliphatic rings. The molecule has 3 nitrogen and oxygen atoms in total. The summed E-state index contributed by atoms with van der Waals surface area (Å²) in [7, 11) is 0. The van der Waals surface area contributed by atoms with E-state index in [1.807, 2.05) is 24.3 Å². The molecule has 0 aliphatic carbocycles. The van der Waals surface area contributed by atoms with Crippen LogP contribution in [-0.2, 0) is 6.61 Å². The molecule has 0 atom stereocenters. The number of aromatic nitrogens is 2. The van der Waals surface area contributed by atoms with Gasteiger partial charge in [-0.25, -0.2) is 9.97 Å².